The van der Waals surface area contributed by atoms with E-state index in [0.717, 1.165) is 25.9 Å². The third-order valence-electron chi connectivity index (χ3n) is 2.89. The highest BCUT2D eigenvalue weighted by Crippen LogP contribution is 2.27. The number of carbonyl (C=O) groups is 2. The van der Waals surface area contributed by atoms with Gasteiger partial charge in [0.2, 0.25) is 5.91 Å². The fraction of sp³-hybridized carbons (Fsp3) is 0.800. The molecule has 1 heterocycles. The van der Waals surface area contributed by atoms with Crippen LogP contribution in [0.25, 0.3) is 0 Å². The molecule has 16 heavy (non-hydrogen) atoms. The first-order valence-electron chi connectivity index (χ1n) is 5.46. The van der Waals surface area contributed by atoms with Crippen LogP contribution in [0.2, 0.25) is 0 Å². The summed E-state index contributed by atoms with van der Waals surface area (Å²) in [5, 5.41) is 5.96. The second-order valence-corrected chi connectivity index (χ2v) is 4.23. The van der Waals surface area contributed by atoms with Gasteiger partial charge in [0.15, 0.2) is 0 Å². The zero-order valence-corrected chi connectivity index (χ0v) is 9.54. The van der Waals surface area contributed by atoms with Crippen LogP contribution in [0.4, 0.5) is 4.79 Å². The number of hydrogen-bond donors (Lipinski definition) is 3. The Labute approximate surface area is 94.9 Å². The van der Waals surface area contributed by atoms with Crippen LogP contribution >= 0.6 is 0 Å². The van der Waals surface area contributed by atoms with E-state index in [4.69, 9.17) is 5.73 Å². The molecule has 1 rings (SSSR count). The van der Waals surface area contributed by atoms with Crippen LogP contribution in [0.3, 0.4) is 0 Å². The van der Waals surface area contributed by atoms with E-state index in [1.54, 1.807) is 0 Å². The number of ether oxygens (including phenoxy) is 1. The lowest BCUT2D eigenvalue weighted by Gasteiger charge is -2.32. The highest BCUT2D eigenvalue weighted by molar-refractivity contribution is 5.82. The predicted octanol–water partition coefficient (Wildman–Crippen LogP) is -0.412. The van der Waals surface area contributed by atoms with E-state index in [2.05, 4.69) is 15.4 Å². The molecular weight excluding hydrogens is 210 g/mol. The molecule has 0 unspecified atom stereocenters. The van der Waals surface area contributed by atoms with Crippen molar-refractivity contribution in [3.8, 4) is 0 Å². The largest absolute Gasteiger partial charge is 0.448 e. The lowest BCUT2D eigenvalue weighted by atomic mass is 9.80. The molecule has 1 saturated heterocycles. The van der Waals surface area contributed by atoms with Gasteiger partial charge >= 0.3 is 6.09 Å². The number of rotatable bonds is 4. The summed E-state index contributed by atoms with van der Waals surface area (Å²) >= 11 is 0. The minimum Gasteiger partial charge on any atom is -0.448 e. The van der Waals surface area contributed by atoms with Gasteiger partial charge in [-0.15, -0.1) is 0 Å². The molecule has 0 aromatic carbocycles. The smallest absolute Gasteiger partial charge is 0.404 e. The van der Waals surface area contributed by atoms with Crippen LogP contribution in [0, 0.1) is 5.41 Å². The average Bonchev–Trinajstić information content (AvgIpc) is 2.25. The van der Waals surface area contributed by atoms with E-state index in [-0.39, 0.29) is 17.9 Å². The van der Waals surface area contributed by atoms with Crippen molar-refractivity contribution in [2.24, 2.45) is 11.1 Å². The summed E-state index contributed by atoms with van der Waals surface area (Å²) in [4.78, 5) is 22.1. The number of piperidine rings is 1. The molecule has 6 heteroatoms. The first kappa shape index (κ1) is 12.8. The van der Waals surface area contributed by atoms with Crippen LogP contribution in [0.1, 0.15) is 19.8 Å². The van der Waals surface area contributed by atoms with Crippen molar-refractivity contribution in [1.29, 1.82) is 0 Å². The number of nitrogens with one attached hydrogen (secondary N) is 2. The van der Waals surface area contributed by atoms with Gasteiger partial charge in [0.25, 0.3) is 0 Å². The molecule has 0 aromatic rings. The number of carbonyl (C=O) groups excluding carboxylic acids is 2. The van der Waals surface area contributed by atoms with Gasteiger partial charge in [-0.1, -0.05) is 6.92 Å². The van der Waals surface area contributed by atoms with Crippen molar-refractivity contribution in [2.45, 2.75) is 19.8 Å². The number of hydrogen-bond acceptors (Lipinski definition) is 4. The second-order valence-electron chi connectivity index (χ2n) is 4.23. The Kier molecular flexibility index (Phi) is 4.54. The fourth-order valence-electron chi connectivity index (χ4n) is 1.74. The van der Waals surface area contributed by atoms with Crippen LogP contribution < -0.4 is 16.4 Å². The minimum absolute atomic E-state index is 0.0158. The molecule has 0 spiro atoms. The van der Waals surface area contributed by atoms with Gasteiger partial charge in [-0.25, -0.2) is 4.79 Å². The Bertz CT molecular complexity index is 262. The van der Waals surface area contributed by atoms with Crippen LogP contribution in [0.5, 0.6) is 0 Å². The molecule has 0 bridgehead atoms. The van der Waals surface area contributed by atoms with E-state index < -0.39 is 6.09 Å². The lowest BCUT2D eigenvalue weighted by Crippen LogP contribution is -2.46. The molecule has 0 radical (unpaired) electrons. The van der Waals surface area contributed by atoms with Crippen molar-refractivity contribution in [2.75, 3.05) is 26.2 Å². The summed E-state index contributed by atoms with van der Waals surface area (Å²) in [6.07, 6.45) is 0.840. The molecule has 1 aliphatic rings. The van der Waals surface area contributed by atoms with Crippen molar-refractivity contribution < 1.29 is 14.3 Å². The predicted molar refractivity (Wildman–Crippen MR) is 58.8 cm³/mol. The van der Waals surface area contributed by atoms with Crippen molar-refractivity contribution in [1.82, 2.24) is 10.6 Å². The monoisotopic (exact) mass is 229 g/mol. The SMILES string of the molecule is CC1(C(=O)NCCOC(N)=O)CCNCC1. The summed E-state index contributed by atoms with van der Waals surface area (Å²) in [6, 6.07) is 0. The van der Waals surface area contributed by atoms with Crippen LogP contribution in [0.15, 0.2) is 0 Å². The summed E-state index contributed by atoms with van der Waals surface area (Å²) in [7, 11) is 0. The van der Waals surface area contributed by atoms with Crippen molar-refractivity contribution >= 4 is 12.0 Å². The molecule has 2 amide bonds. The first-order chi connectivity index (χ1) is 7.54. The summed E-state index contributed by atoms with van der Waals surface area (Å²) in [5.41, 5.74) is 4.49. The third kappa shape index (κ3) is 3.69. The Morgan fingerprint density at radius 1 is 1.44 bits per heavy atom. The summed E-state index contributed by atoms with van der Waals surface area (Å²) in [6.45, 7) is 4.11. The Morgan fingerprint density at radius 2 is 2.06 bits per heavy atom. The molecule has 4 N–H and O–H groups in total. The van der Waals surface area contributed by atoms with Crippen LogP contribution in [-0.2, 0) is 9.53 Å². The maximum Gasteiger partial charge on any atom is 0.404 e. The van der Waals surface area contributed by atoms with E-state index >= 15 is 0 Å². The second kappa shape index (κ2) is 5.69. The molecule has 0 saturated carbocycles. The molecule has 0 aliphatic carbocycles. The molecule has 6 nitrogen and oxygen atoms in total. The maximum absolute atomic E-state index is 11.9. The van der Waals surface area contributed by atoms with Crippen molar-refractivity contribution in [3.63, 3.8) is 0 Å². The van der Waals surface area contributed by atoms with E-state index in [0.29, 0.717) is 6.54 Å². The summed E-state index contributed by atoms with van der Waals surface area (Å²) < 4.78 is 4.52. The zero-order chi connectivity index (χ0) is 12.0. The van der Waals surface area contributed by atoms with E-state index in [1.807, 2.05) is 6.92 Å². The fourth-order valence-corrected chi connectivity index (χ4v) is 1.74. The van der Waals surface area contributed by atoms with Gasteiger partial charge in [-0.05, 0) is 25.9 Å². The maximum atomic E-state index is 11.9. The Hall–Kier alpha value is -1.30. The zero-order valence-electron chi connectivity index (χ0n) is 9.54. The minimum atomic E-state index is -0.817. The van der Waals surface area contributed by atoms with Crippen LogP contribution in [-0.4, -0.2) is 38.2 Å². The quantitative estimate of drug-likeness (QED) is 0.571. The van der Waals surface area contributed by atoms with Gasteiger partial charge in [0, 0.05) is 5.41 Å². The topological polar surface area (TPSA) is 93.4 Å². The van der Waals surface area contributed by atoms with Gasteiger partial charge in [0.05, 0.1) is 6.54 Å². The highest BCUT2D eigenvalue weighted by atomic mass is 16.5. The first-order valence-corrected chi connectivity index (χ1v) is 5.46. The van der Waals surface area contributed by atoms with E-state index in [9.17, 15) is 9.59 Å². The standard InChI is InChI=1S/C10H19N3O3/c1-10(2-4-12-5-3-10)8(14)13-6-7-16-9(11)15/h12H,2-7H2,1H3,(H2,11,15)(H,13,14). The molecular formula is C10H19N3O3. The number of primary amides is 1. The van der Waals surface area contributed by atoms with Gasteiger partial charge in [-0.3, -0.25) is 4.79 Å². The van der Waals surface area contributed by atoms with Gasteiger partial charge in [-0.2, -0.15) is 0 Å². The molecule has 0 aromatic heterocycles. The average molecular weight is 229 g/mol. The summed E-state index contributed by atoms with van der Waals surface area (Å²) in [5.74, 6) is 0.0158. The number of amides is 2. The van der Waals surface area contributed by atoms with Gasteiger partial charge < -0.3 is 21.1 Å². The Morgan fingerprint density at radius 3 is 2.62 bits per heavy atom. The lowest BCUT2D eigenvalue weighted by molar-refractivity contribution is -0.131. The van der Waals surface area contributed by atoms with Crippen molar-refractivity contribution in [3.05, 3.63) is 0 Å². The van der Waals surface area contributed by atoms with E-state index in [1.165, 1.54) is 0 Å². The highest BCUT2D eigenvalue weighted by Gasteiger charge is 2.34. The molecule has 1 fully saturated rings. The normalized spacial score (nSPS) is 18.8. The third-order valence-corrected chi connectivity index (χ3v) is 2.89. The molecule has 0 atom stereocenters. The van der Waals surface area contributed by atoms with Gasteiger partial charge in [0.1, 0.15) is 6.61 Å². The number of nitrogens with two attached hydrogens (primary N) is 1. The Balaban J connectivity index is 2.25. The molecule has 92 valence electrons. The molecule has 1 aliphatic heterocycles.